The van der Waals surface area contributed by atoms with E-state index in [9.17, 15) is 0 Å². The Morgan fingerprint density at radius 1 is 1.00 bits per heavy atom. The molecule has 3 aromatic rings. The Hall–Kier alpha value is -1.25. The second kappa shape index (κ2) is 4.21. The predicted molar refractivity (Wildman–Crippen MR) is 76.4 cm³/mol. The van der Waals surface area contributed by atoms with Crippen LogP contribution in [0.3, 0.4) is 0 Å². The number of fused-ring (bicyclic) bond motifs is 1. The van der Waals surface area contributed by atoms with Gasteiger partial charge in [0.25, 0.3) is 0 Å². The molecule has 0 saturated heterocycles. The Balaban J connectivity index is 2.22. The molecule has 3 heteroatoms. The first kappa shape index (κ1) is 10.9. The lowest BCUT2D eigenvalue weighted by molar-refractivity contribution is 1.45. The molecular weight excluding hydrogens is 298 g/mol. The highest BCUT2D eigenvalue weighted by molar-refractivity contribution is 9.10. The molecular formula is C14H9BrClN. The third-order valence-electron chi connectivity index (χ3n) is 2.75. The van der Waals surface area contributed by atoms with Gasteiger partial charge in [0, 0.05) is 31.7 Å². The molecule has 2 aromatic carbocycles. The lowest BCUT2D eigenvalue weighted by atomic mass is 10.1. The fourth-order valence-electron chi connectivity index (χ4n) is 1.92. The van der Waals surface area contributed by atoms with Gasteiger partial charge >= 0.3 is 0 Å². The van der Waals surface area contributed by atoms with Gasteiger partial charge in [-0.3, -0.25) is 0 Å². The predicted octanol–water partition coefficient (Wildman–Crippen LogP) is 5.25. The first-order valence-electron chi connectivity index (χ1n) is 5.27. The molecule has 0 spiro atoms. The van der Waals surface area contributed by atoms with Crippen molar-refractivity contribution in [3.8, 4) is 11.3 Å². The lowest BCUT2D eigenvalue weighted by Crippen LogP contribution is -1.77. The molecule has 1 heterocycles. The second-order valence-corrected chi connectivity index (χ2v) is 5.22. The van der Waals surface area contributed by atoms with E-state index in [0.29, 0.717) is 0 Å². The summed E-state index contributed by atoms with van der Waals surface area (Å²) >= 11 is 9.65. The van der Waals surface area contributed by atoms with E-state index in [1.54, 1.807) is 0 Å². The molecule has 0 saturated carbocycles. The normalized spacial score (nSPS) is 10.9. The van der Waals surface area contributed by atoms with E-state index in [0.717, 1.165) is 26.3 Å². The van der Waals surface area contributed by atoms with Crippen LogP contribution in [0, 0.1) is 0 Å². The Bertz CT molecular complexity index is 688. The highest BCUT2D eigenvalue weighted by atomic mass is 79.9. The zero-order valence-corrected chi connectivity index (χ0v) is 11.2. The quantitative estimate of drug-likeness (QED) is 0.632. The Morgan fingerprint density at radius 2 is 1.82 bits per heavy atom. The summed E-state index contributed by atoms with van der Waals surface area (Å²) in [5.74, 6) is 0. The molecule has 0 aliphatic heterocycles. The molecule has 17 heavy (non-hydrogen) atoms. The fraction of sp³-hybridized carbons (Fsp3) is 0. The summed E-state index contributed by atoms with van der Waals surface area (Å²) in [4.78, 5) is 3.38. The highest BCUT2D eigenvalue weighted by Crippen LogP contribution is 2.30. The van der Waals surface area contributed by atoms with Crippen molar-refractivity contribution in [1.82, 2.24) is 4.98 Å². The Kier molecular flexibility index (Phi) is 2.69. The van der Waals surface area contributed by atoms with E-state index in [4.69, 9.17) is 11.6 Å². The van der Waals surface area contributed by atoms with Crippen LogP contribution in [0.2, 0.25) is 5.02 Å². The van der Waals surface area contributed by atoms with Crippen LogP contribution < -0.4 is 0 Å². The molecule has 0 aliphatic rings. The van der Waals surface area contributed by atoms with Crippen LogP contribution in [0.15, 0.2) is 53.0 Å². The minimum absolute atomic E-state index is 0.762. The van der Waals surface area contributed by atoms with Crippen molar-refractivity contribution in [1.29, 1.82) is 0 Å². The van der Waals surface area contributed by atoms with E-state index >= 15 is 0 Å². The molecule has 1 aromatic heterocycles. The first-order chi connectivity index (χ1) is 8.24. The van der Waals surface area contributed by atoms with Crippen LogP contribution in [0.4, 0.5) is 0 Å². The molecule has 3 rings (SSSR count). The van der Waals surface area contributed by atoms with Crippen molar-refractivity contribution in [3.63, 3.8) is 0 Å². The smallest absolute Gasteiger partial charge is 0.0499 e. The average molecular weight is 307 g/mol. The zero-order valence-electron chi connectivity index (χ0n) is 8.87. The van der Waals surface area contributed by atoms with E-state index < -0.39 is 0 Å². The van der Waals surface area contributed by atoms with Gasteiger partial charge in [-0.05, 0) is 24.3 Å². The molecule has 0 amide bonds. The van der Waals surface area contributed by atoms with Gasteiger partial charge in [-0.15, -0.1) is 0 Å². The summed E-state index contributed by atoms with van der Waals surface area (Å²) in [5.41, 5.74) is 3.18. The van der Waals surface area contributed by atoms with Gasteiger partial charge < -0.3 is 4.98 Å². The largest absolute Gasteiger partial charge is 0.354 e. The number of benzene rings is 2. The maximum atomic E-state index is 6.19. The monoisotopic (exact) mass is 305 g/mol. The summed E-state index contributed by atoms with van der Waals surface area (Å²) in [7, 11) is 0. The maximum absolute atomic E-state index is 6.19. The van der Waals surface area contributed by atoms with Crippen molar-refractivity contribution >= 4 is 38.4 Å². The van der Waals surface area contributed by atoms with Gasteiger partial charge in [-0.25, -0.2) is 0 Å². The standard InChI is InChI=1S/C14H9BrClN/c15-10-6-5-9-7-14(17-13(9)8-10)11-3-1-2-4-12(11)16/h1-8,17H. The van der Waals surface area contributed by atoms with Crippen LogP contribution in [-0.2, 0) is 0 Å². The van der Waals surface area contributed by atoms with Crippen molar-refractivity contribution < 1.29 is 0 Å². The van der Waals surface area contributed by atoms with Gasteiger partial charge in [0.2, 0.25) is 0 Å². The summed E-state index contributed by atoms with van der Waals surface area (Å²) in [5, 5.41) is 1.95. The van der Waals surface area contributed by atoms with Gasteiger partial charge in [-0.1, -0.05) is 51.8 Å². The number of aromatic nitrogens is 1. The Morgan fingerprint density at radius 3 is 2.65 bits per heavy atom. The maximum Gasteiger partial charge on any atom is 0.0499 e. The third-order valence-corrected chi connectivity index (χ3v) is 3.57. The summed E-state index contributed by atoms with van der Waals surface area (Å²) in [6.07, 6.45) is 0. The molecule has 1 nitrogen and oxygen atoms in total. The van der Waals surface area contributed by atoms with E-state index in [1.807, 2.05) is 30.3 Å². The topological polar surface area (TPSA) is 15.8 Å². The van der Waals surface area contributed by atoms with Crippen LogP contribution in [0.5, 0.6) is 0 Å². The molecule has 84 valence electrons. The van der Waals surface area contributed by atoms with Crippen LogP contribution in [0.25, 0.3) is 22.2 Å². The van der Waals surface area contributed by atoms with Gasteiger partial charge in [-0.2, -0.15) is 0 Å². The van der Waals surface area contributed by atoms with E-state index in [2.05, 4.69) is 39.1 Å². The molecule has 0 atom stereocenters. The zero-order chi connectivity index (χ0) is 11.8. The van der Waals surface area contributed by atoms with Gasteiger partial charge in [0.15, 0.2) is 0 Å². The average Bonchev–Trinajstić information content (AvgIpc) is 2.72. The van der Waals surface area contributed by atoms with Gasteiger partial charge in [0.1, 0.15) is 0 Å². The number of nitrogens with one attached hydrogen (secondary N) is 1. The highest BCUT2D eigenvalue weighted by Gasteiger charge is 2.06. The second-order valence-electron chi connectivity index (χ2n) is 3.89. The summed E-state index contributed by atoms with van der Waals surface area (Å²) in [6, 6.07) is 16.1. The van der Waals surface area contributed by atoms with Crippen molar-refractivity contribution in [2.75, 3.05) is 0 Å². The number of hydrogen-bond acceptors (Lipinski definition) is 0. The molecule has 0 bridgehead atoms. The van der Waals surface area contributed by atoms with Gasteiger partial charge in [0.05, 0.1) is 0 Å². The minimum Gasteiger partial charge on any atom is -0.354 e. The Labute approximate surface area is 113 Å². The first-order valence-corrected chi connectivity index (χ1v) is 6.44. The number of H-pyrrole nitrogens is 1. The number of hydrogen-bond donors (Lipinski definition) is 1. The molecule has 0 unspecified atom stereocenters. The molecule has 0 fully saturated rings. The summed E-state index contributed by atoms with van der Waals surface area (Å²) < 4.78 is 1.07. The lowest BCUT2D eigenvalue weighted by Gasteiger charge is -1.99. The van der Waals surface area contributed by atoms with E-state index in [-0.39, 0.29) is 0 Å². The van der Waals surface area contributed by atoms with Crippen LogP contribution in [0.1, 0.15) is 0 Å². The number of rotatable bonds is 1. The minimum atomic E-state index is 0.762. The molecule has 0 radical (unpaired) electrons. The SMILES string of the molecule is Clc1ccccc1-c1cc2ccc(Br)cc2[nH]1. The van der Waals surface area contributed by atoms with Crippen molar-refractivity contribution in [2.24, 2.45) is 0 Å². The van der Waals surface area contributed by atoms with E-state index in [1.165, 1.54) is 5.39 Å². The number of halogens is 2. The van der Waals surface area contributed by atoms with Crippen LogP contribution >= 0.6 is 27.5 Å². The molecule has 1 N–H and O–H groups in total. The third kappa shape index (κ3) is 1.99. The van der Waals surface area contributed by atoms with Crippen LogP contribution in [-0.4, -0.2) is 4.98 Å². The summed E-state index contributed by atoms with van der Waals surface area (Å²) in [6.45, 7) is 0. The molecule has 0 aliphatic carbocycles. The fourth-order valence-corrected chi connectivity index (χ4v) is 2.52. The van der Waals surface area contributed by atoms with Crippen molar-refractivity contribution in [2.45, 2.75) is 0 Å². The number of aromatic amines is 1. The van der Waals surface area contributed by atoms with Crippen molar-refractivity contribution in [3.05, 3.63) is 58.0 Å².